The first-order valence-electron chi connectivity index (χ1n) is 8.05. The molecule has 130 valence electrons. The Bertz CT molecular complexity index is 1040. The third-order valence-corrected chi connectivity index (χ3v) is 4.49. The van der Waals surface area contributed by atoms with Gasteiger partial charge in [0.2, 0.25) is 0 Å². The second-order valence-corrected chi connectivity index (χ2v) is 6.70. The molecule has 0 aliphatic heterocycles. The highest BCUT2D eigenvalue weighted by atomic mass is 32.1. The van der Waals surface area contributed by atoms with E-state index in [9.17, 15) is 4.79 Å². The number of ether oxygens (including phenoxy) is 1. The summed E-state index contributed by atoms with van der Waals surface area (Å²) in [5.41, 5.74) is 3.47. The van der Waals surface area contributed by atoms with Crippen LogP contribution in [-0.2, 0) is 6.61 Å². The number of nitrogens with zero attached hydrogens (tertiary/aromatic N) is 3. The van der Waals surface area contributed by atoms with Crippen molar-refractivity contribution in [2.24, 2.45) is 0 Å². The van der Waals surface area contributed by atoms with Crippen molar-refractivity contribution in [2.75, 3.05) is 5.32 Å². The molecule has 1 N–H and O–H groups in total. The summed E-state index contributed by atoms with van der Waals surface area (Å²) in [6, 6.07) is 11.0. The Kier molecular flexibility index (Phi) is 4.37. The lowest BCUT2D eigenvalue weighted by molar-refractivity contribution is 0.102. The van der Waals surface area contributed by atoms with E-state index in [-0.39, 0.29) is 5.91 Å². The lowest BCUT2D eigenvalue weighted by Crippen LogP contribution is -2.11. The van der Waals surface area contributed by atoms with Crippen LogP contribution in [0, 0.1) is 6.92 Å². The summed E-state index contributed by atoms with van der Waals surface area (Å²) in [6.45, 7) is 2.41. The molecule has 3 aromatic heterocycles. The molecular weight excluding hydrogens is 348 g/mol. The maximum absolute atomic E-state index is 12.1. The van der Waals surface area contributed by atoms with Crippen LogP contribution in [0.5, 0.6) is 5.75 Å². The standard InChI is InChI=1S/C19H16N4O2S/c1-13-2-7-17-21-15(11-23(17)10-13)12-25-16-5-3-14(4-6-16)18(24)22-19-20-8-9-26-19/h2-11H,12H2,1H3,(H,20,22,24). The number of fused-ring (bicyclic) bond motifs is 1. The van der Waals surface area contributed by atoms with Crippen LogP contribution in [0.15, 0.2) is 60.4 Å². The van der Waals surface area contributed by atoms with Crippen LogP contribution in [0.3, 0.4) is 0 Å². The second-order valence-electron chi connectivity index (χ2n) is 5.81. The van der Waals surface area contributed by atoms with Crippen molar-refractivity contribution in [2.45, 2.75) is 13.5 Å². The van der Waals surface area contributed by atoms with Crippen LogP contribution in [0.1, 0.15) is 21.6 Å². The fourth-order valence-corrected chi connectivity index (χ4v) is 3.06. The van der Waals surface area contributed by atoms with Gasteiger partial charge in [0.25, 0.3) is 5.91 Å². The van der Waals surface area contributed by atoms with Crippen molar-refractivity contribution in [1.29, 1.82) is 0 Å². The van der Waals surface area contributed by atoms with Gasteiger partial charge in [-0.15, -0.1) is 11.3 Å². The fraction of sp³-hybridized carbons (Fsp3) is 0.105. The van der Waals surface area contributed by atoms with Crippen LogP contribution < -0.4 is 10.1 Å². The summed E-state index contributed by atoms with van der Waals surface area (Å²) in [5.74, 6) is 0.492. The van der Waals surface area contributed by atoms with Gasteiger partial charge in [-0.05, 0) is 42.8 Å². The minimum Gasteiger partial charge on any atom is -0.487 e. The molecule has 0 unspecified atom stereocenters. The molecule has 6 nitrogen and oxygen atoms in total. The first-order chi connectivity index (χ1) is 12.7. The Balaban J connectivity index is 1.39. The molecular formula is C19H16N4O2S. The molecule has 0 aliphatic carbocycles. The molecule has 26 heavy (non-hydrogen) atoms. The number of rotatable bonds is 5. The van der Waals surface area contributed by atoms with Crippen molar-refractivity contribution in [3.63, 3.8) is 0 Å². The van der Waals surface area contributed by atoms with Gasteiger partial charge in [0.1, 0.15) is 18.0 Å². The van der Waals surface area contributed by atoms with Gasteiger partial charge < -0.3 is 9.14 Å². The summed E-state index contributed by atoms with van der Waals surface area (Å²) in [4.78, 5) is 20.7. The van der Waals surface area contributed by atoms with Gasteiger partial charge >= 0.3 is 0 Å². The first-order valence-corrected chi connectivity index (χ1v) is 8.93. The second kappa shape index (κ2) is 6.97. The molecule has 7 heteroatoms. The van der Waals surface area contributed by atoms with Gasteiger partial charge in [-0.2, -0.15) is 0 Å². The van der Waals surface area contributed by atoms with E-state index in [1.165, 1.54) is 16.9 Å². The number of amides is 1. The van der Waals surface area contributed by atoms with E-state index in [0.717, 1.165) is 11.3 Å². The van der Waals surface area contributed by atoms with Crippen molar-refractivity contribution >= 4 is 28.0 Å². The Morgan fingerprint density at radius 1 is 1.19 bits per heavy atom. The average Bonchev–Trinajstić information content (AvgIpc) is 3.29. The SMILES string of the molecule is Cc1ccc2nc(COc3ccc(C(=O)Nc4nccs4)cc3)cn2c1. The zero-order valence-electron chi connectivity index (χ0n) is 14.0. The largest absolute Gasteiger partial charge is 0.487 e. The van der Waals surface area contributed by atoms with E-state index < -0.39 is 0 Å². The Morgan fingerprint density at radius 2 is 2.04 bits per heavy atom. The van der Waals surface area contributed by atoms with Gasteiger partial charge in [-0.25, -0.2) is 9.97 Å². The number of thiazole rings is 1. The predicted octanol–water partition coefficient (Wildman–Crippen LogP) is 3.93. The van der Waals surface area contributed by atoms with Crippen LogP contribution in [0.2, 0.25) is 0 Å². The highest BCUT2D eigenvalue weighted by Gasteiger charge is 2.08. The minimum atomic E-state index is -0.192. The molecule has 1 aromatic carbocycles. The smallest absolute Gasteiger partial charge is 0.257 e. The topological polar surface area (TPSA) is 68.5 Å². The Hall–Kier alpha value is -3.19. The summed E-state index contributed by atoms with van der Waals surface area (Å²) in [6.07, 6.45) is 5.64. The lowest BCUT2D eigenvalue weighted by atomic mass is 10.2. The van der Waals surface area contributed by atoms with Crippen LogP contribution >= 0.6 is 11.3 Å². The minimum absolute atomic E-state index is 0.192. The van der Waals surface area contributed by atoms with Gasteiger partial charge in [-0.1, -0.05) is 6.07 Å². The number of carbonyl (C=O) groups is 1. The number of hydrogen-bond donors (Lipinski definition) is 1. The monoisotopic (exact) mass is 364 g/mol. The van der Waals surface area contributed by atoms with E-state index in [4.69, 9.17) is 4.74 Å². The van der Waals surface area contributed by atoms with E-state index in [0.29, 0.717) is 23.1 Å². The first kappa shape index (κ1) is 16.3. The van der Waals surface area contributed by atoms with Gasteiger partial charge in [0.15, 0.2) is 5.13 Å². The Labute approximate surface area is 154 Å². The molecule has 0 saturated carbocycles. The third-order valence-electron chi connectivity index (χ3n) is 3.80. The number of nitrogens with one attached hydrogen (secondary N) is 1. The van der Waals surface area contributed by atoms with Crippen LogP contribution in [0.25, 0.3) is 5.65 Å². The molecule has 4 aromatic rings. The van der Waals surface area contributed by atoms with E-state index in [1.54, 1.807) is 30.5 Å². The quantitative estimate of drug-likeness (QED) is 0.583. The number of carbonyl (C=O) groups excluding carboxylic acids is 1. The highest BCUT2D eigenvalue weighted by Crippen LogP contribution is 2.17. The molecule has 4 rings (SSSR count). The van der Waals surface area contributed by atoms with Crippen molar-refractivity contribution in [1.82, 2.24) is 14.4 Å². The Morgan fingerprint density at radius 3 is 2.81 bits per heavy atom. The number of aromatic nitrogens is 3. The number of imidazole rings is 1. The molecule has 1 amide bonds. The molecule has 0 aliphatic rings. The average molecular weight is 364 g/mol. The summed E-state index contributed by atoms with van der Waals surface area (Å²) in [5, 5.41) is 5.14. The van der Waals surface area contributed by atoms with E-state index in [2.05, 4.69) is 15.3 Å². The summed E-state index contributed by atoms with van der Waals surface area (Å²) < 4.78 is 7.76. The number of benzene rings is 1. The van der Waals surface area contributed by atoms with Crippen molar-refractivity contribution < 1.29 is 9.53 Å². The van der Waals surface area contributed by atoms with Crippen molar-refractivity contribution in [3.8, 4) is 5.75 Å². The number of pyridine rings is 1. The molecule has 3 heterocycles. The molecule has 0 fully saturated rings. The highest BCUT2D eigenvalue weighted by molar-refractivity contribution is 7.13. The van der Waals surface area contributed by atoms with Gasteiger partial charge in [0.05, 0.1) is 5.69 Å². The molecule has 0 radical (unpaired) electrons. The van der Waals surface area contributed by atoms with Gasteiger partial charge in [0, 0.05) is 29.5 Å². The predicted molar refractivity (Wildman–Crippen MR) is 101 cm³/mol. The molecule has 0 atom stereocenters. The number of aryl methyl sites for hydroxylation is 1. The van der Waals surface area contributed by atoms with Crippen LogP contribution in [0.4, 0.5) is 5.13 Å². The maximum atomic E-state index is 12.1. The summed E-state index contributed by atoms with van der Waals surface area (Å²) in [7, 11) is 0. The molecule has 0 saturated heterocycles. The van der Waals surface area contributed by atoms with Gasteiger partial charge in [-0.3, -0.25) is 10.1 Å². The maximum Gasteiger partial charge on any atom is 0.257 e. The zero-order valence-corrected chi connectivity index (χ0v) is 14.9. The molecule has 0 spiro atoms. The fourth-order valence-electron chi connectivity index (χ4n) is 2.54. The van der Waals surface area contributed by atoms with E-state index in [1.807, 2.05) is 41.2 Å². The summed E-state index contributed by atoms with van der Waals surface area (Å²) >= 11 is 1.38. The normalized spacial score (nSPS) is 10.8. The zero-order chi connectivity index (χ0) is 17.9. The molecule has 0 bridgehead atoms. The number of anilines is 1. The third kappa shape index (κ3) is 3.57. The lowest BCUT2D eigenvalue weighted by Gasteiger charge is -2.06. The van der Waals surface area contributed by atoms with E-state index >= 15 is 0 Å². The number of hydrogen-bond acceptors (Lipinski definition) is 5. The van der Waals surface area contributed by atoms with Crippen molar-refractivity contribution in [3.05, 3.63) is 77.2 Å². The van der Waals surface area contributed by atoms with Crippen LogP contribution in [-0.4, -0.2) is 20.3 Å².